The van der Waals surface area contributed by atoms with Crippen LogP contribution in [0.25, 0.3) is 0 Å². The first-order valence-electron chi connectivity index (χ1n) is 15.0. The van der Waals surface area contributed by atoms with Crippen molar-refractivity contribution in [3.05, 3.63) is 142 Å². The zero-order valence-electron chi connectivity index (χ0n) is 23.2. The fourth-order valence-corrected chi connectivity index (χ4v) is 13.6. The van der Waals surface area contributed by atoms with Crippen molar-refractivity contribution in [2.75, 3.05) is 0 Å². The van der Waals surface area contributed by atoms with Crippen molar-refractivity contribution in [3.63, 3.8) is 0 Å². The summed E-state index contributed by atoms with van der Waals surface area (Å²) < 4.78 is 5.03. The quantitative estimate of drug-likeness (QED) is 0.171. The van der Waals surface area contributed by atoms with Crippen molar-refractivity contribution in [1.82, 2.24) is 0 Å². The monoisotopic (exact) mass is 654 g/mol. The fraction of sp³-hybridized carbons (Fsp3) is 0.316. The van der Waals surface area contributed by atoms with Gasteiger partial charge >= 0.3 is 254 Å². The summed E-state index contributed by atoms with van der Waals surface area (Å²) in [5.74, 6) is 1.51. The van der Waals surface area contributed by atoms with E-state index in [0.717, 1.165) is 5.92 Å². The van der Waals surface area contributed by atoms with Crippen LogP contribution in [0.3, 0.4) is 0 Å². The van der Waals surface area contributed by atoms with Gasteiger partial charge in [0.25, 0.3) is 0 Å². The molecule has 4 aromatic rings. The Bertz CT molecular complexity index is 1440. The summed E-state index contributed by atoms with van der Waals surface area (Å²) in [6, 6.07) is 45.8. The molecule has 4 aromatic carbocycles. The Balaban J connectivity index is 1.27. The number of benzene rings is 4. The van der Waals surface area contributed by atoms with Crippen LogP contribution in [0.2, 0.25) is 5.32 Å². The Hall–Kier alpha value is -2.34. The normalized spacial score (nSPS) is 27.2. The summed E-state index contributed by atoms with van der Waals surface area (Å²) in [5.41, 5.74) is 5.71. The summed E-state index contributed by atoms with van der Waals surface area (Å²) in [6.45, 7) is 0. The van der Waals surface area contributed by atoms with Gasteiger partial charge in [0.05, 0.1) is 0 Å². The Kier molecular flexibility index (Phi) is 7.64. The van der Waals surface area contributed by atoms with Gasteiger partial charge in [0.2, 0.25) is 0 Å². The molecule has 7 rings (SSSR count). The van der Waals surface area contributed by atoms with E-state index in [9.17, 15) is 0 Å². The Morgan fingerprint density at radius 1 is 0.650 bits per heavy atom. The first-order chi connectivity index (χ1) is 19.8. The zero-order chi connectivity index (χ0) is 26.8. The van der Waals surface area contributed by atoms with Crippen LogP contribution in [-0.4, -0.2) is 29.9 Å². The molecular weight excluding hydrogens is 614 g/mol. The zero-order valence-corrected chi connectivity index (χ0v) is 26.6. The van der Waals surface area contributed by atoms with Crippen LogP contribution in [0.5, 0.6) is 0 Å². The Morgan fingerprint density at radius 3 is 1.88 bits per heavy atom. The molecule has 0 bridgehead atoms. The van der Waals surface area contributed by atoms with Crippen LogP contribution in [0.1, 0.15) is 62.0 Å². The van der Waals surface area contributed by atoms with E-state index >= 15 is 0 Å². The molecule has 3 aliphatic rings. The number of fused-ring (bicyclic) bond motifs is 1. The van der Waals surface area contributed by atoms with Gasteiger partial charge in [0.15, 0.2) is 0 Å². The predicted molar refractivity (Wildman–Crippen MR) is 171 cm³/mol. The van der Waals surface area contributed by atoms with Gasteiger partial charge in [0, 0.05) is 0 Å². The molecule has 0 nitrogen and oxygen atoms in total. The molecule has 40 heavy (non-hydrogen) atoms. The molecule has 0 heterocycles. The maximum atomic E-state index is 2.45. The van der Waals surface area contributed by atoms with E-state index in [2.05, 4.69) is 121 Å². The molecule has 0 saturated heterocycles. The van der Waals surface area contributed by atoms with Crippen molar-refractivity contribution in [2.45, 2.75) is 61.6 Å². The summed E-state index contributed by atoms with van der Waals surface area (Å²) in [5, 5.41) is 1.37. The number of allylic oxidation sites excluding steroid dienone is 2. The van der Waals surface area contributed by atoms with Crippen molar-refractivity contribution < 1.29 is 0 Å². The van der Waals surface area contributed by atoms with Gasteiger partial charge in [-0.2, -0.15) is 0 Å². The van der Waals surface area contributed by atoms with E-state index in [1.807, 2.05) is 10.0 Å². The third kappa shape index (κ3) is 4.88. The molecule has 3 fully saturated rings. The number of hydrogen-bond donors (Lipinski definition) is 0. The summed E-state index contributed by atoms with van der Waals surface area (Å²) >= 11 is 0.920. The number of rotatable bonds is 8. The predicted octanol–water partition coefficient (Wildman–Crippen LogP) is 7.81. The summed E-state index contributed by atoms with van der Waals surface area (Å²) in [7, 11) is 0. The van der Waals surface area contributed by atoms with Crippen molar-refractivity contribution in [1.29, 1.82) is 0 Å². The minimum atomic E-state index is 0.348. The van der Waals surface area contributed by atoms with Crippen LogP contribution >= 0.6 is 0 Å². The first kappa shape index (κ1) is 26.6. The minimum absolute atomic E-state index is 0.348. The average molecular weight is 653 g/mol. The standard InChI is InChI=1S/C38H38Se2/c1-5-13-29(14-6-1)30-21-23-31(24-22-30)36(40-35-19-11-4-12-20-35)38-28-37(38,32-15-7-2-8-16-32)26-25-33(38)27-39-34-17-9-3-10-18-34/h1-20,30,33H,21-28H2/t30?,33-,37+,38+/m1/s1. The molecule has 3 saturated carbocycles. The van der Waals surface area contributed by atoms with Crippen molar-refractivity contribution in [3.8, 4) is 0 Å². The van der Waals surface area contributed by atoms with Crippen LogP contribution in [0, 0.1) is 11.3 Å². The third-order valence-electron chi connectivity index (χ3n) is 10.00. The van der Waals surface area contributed by atoms with Crippen molar-refractivity contribution >= 4 is 38.8 Å². The van der Waals surface area contributed by atoms with Crippen LogP contribution in [0.15, 0.2) is 131 Å². The Morgan fingerprint density at radius 2 is 1.23 bits per heavy atom. The molecule has 0 aromatic heterocycles. The molecule has 0 spiro atoms. The second-order valence-electron chi connectivity index (χ2n) is 12.0. The molecule has 2 heteroatoms. The van der Waals surface area contributed by atoms with Crippen LogP contribution in [-0.2, 0) is 5.41 Å². The van der Waals surface area contributed by atoms with E-state index in [1.165, 1.54) is 50.3 Å². The van der Waals surface area contributed by atoms with Crippen molar-refractivity contribution in [2.24, 2.45) is 11.3 Å². The molecule has 0 aliphatic heterocycles. The third-order valence-corrected chi connectivity index (χ3v) is 15.3. The molecular formula is C38H38Se2. The van der Waals surface area contributed by atoms with Crippen LogP contribution in [0.4, 0.5) is 0 Å². The first-order valence-corrected chi connectivity index (χ1v) is 18.8. The van der Waals surface area contributed by atoms with E-state index in [-0.39, 0.29) is 0 Å². The van der Waals surface area contributed by atoms with Crippen LogP contribution < -0.4 is 8.92 Å². The van der Waals surface area contributed by atoms with E-state index in [4.69, 9.17) is 0 Å². The van der Waals surface area contributed by atoms with Gasteiger partial charge in [-0.1, -0.05) is 0 Å². The topological polar surface area (TPSA) is 0 Å². The molecule has 0 amide bonds. The van der Waals surface area contributed by atoms with Gasteiger partial charge in [-0.15, -0.1) is 0 Å². The second-order valence-corrected chi connectivity index (χ2v) is 16.6. The van der Waals surface area contributed by atoms with Gasteiger partial charge in [-0.3, -0.25) is 0 Å². The Labute approximate surface area is 253 Å². The molecule has 3 atom stereocenters. The van der Waals surface area contributed by atoms with Gasteiger partial charge in [-0.25, -0.2) is 0 Å². The van der Waals surface area contributed by atoms with Gasteiger partial charge in [-0.05, 0) is 0 Å². The molecule has 202 valence electrons. The molecule has 0 radical (unpaired) electrons. The maximum absolute atomic E-state index is 2.45. The SMILES string of the molecule is c1ccc([Se]C[C@H]2CC[C@@]3(c4ccccc4)C[C@@]23C([Se]c2ccccc2)=C2CCC(c3ccccc3)CC2)cc1. The van der Waals surface area contributed by atoms with E-state index in [1.54, 1.807) is 20.1 Å². The fourth-order valence-electron chi connectivity index (χ4n) is 7.97. The summed E-state index contributed by atoms with van der Waals surface area (Å²) in [4.78, 5) is 0. The molecule has 0 unspecified atom stereocenters. The average Bonchev–Trinajstić information content (AvgIpc) is 3.62. The number of hydrogen-bond acceptors (Lipinski definition) is 0. The molecule has 3 aliphatic carbocycles. The van der Waals surface area contributed by atoms with Gasteiger partial charge in [0.1, 0.15) is 0 Å². The van der Waals surface area contributed by atoms with E-state index in [0.29, 0.717) is 46.7 Å². The van der Waals surface area contributed by atoms with Gasteiger partial charge < -0.3 is 0 Å². The molecule has 0 N–H and O–H groups in total. The second kappa shape index (κ2) is 11.5. The summed E-state index contributed by atoms with van der Waals surface area (Å²) in [6.07, 6.45) is 9.30. The van der Waals surface area contributed by atoms with E-state index < -0.39 is 0 Å².